The van der Waals surface area contributed by atoms with Crippen LogP contribution >= 0.6 is 43.5 Å². The van der Waals surface area contributed by atoms with Crippen molar-refractivity contribution in [3.8, 4) is 11.3 Å². The molecule has 2 N–H and O–H groups in total. The molecule has 0 fully saturated rings. The Kier molecular flexibility index (Phi) is 7.70. The lowest BCUT2D eigenvalue weighted by Gasteiger charge is -2.12. The van der Waals surface area contributed by atoms with Gasteiger partial charge in [0.25, 0.3) is 0 Å². The monoisotopic (exact) mass is 611 g/mol. The van der Waals surface area contributed by atoms with Crippen LogP contribution in [0.3, 0.4) is 0 Å². The third-order valence-electron chi connectivity index (χ3n) is 4.90. The molecule has 0 spiro atoms. The average Bonchev–Trinajstić information content (AvgIpc) is 3.17. The standard InChI is InChI=1S/C22H20Br2ClN5O2S/c23-15-7-9-16(10-8-15)33(31,32)28-12-4-3-11-26-21-13-20(17-5-1-2-6-19(17)25)29-22-18(24)14-27-30(21)22/h1-2,5-10,13-14,26,28H,3-4,11-12H2. The Morgan fingerprint density at radius 1 is 1.00 bits per heavy atom. The van der Waals surface area contributed by atoms with Crippen LogP contribution in [-0.4, -0.2) is 36.1 Å². The quantitative estimate of drug-likeness (QED) is 0.235. The van der Waals surface area contributed by atoms with Gasteiger partial charge in [0.2, 0.25) is 10.0 Å². The summed E-state index contributed by atoms with van der Waals surface area (Å²) in [4.78, 5) is 4.94. The van der Waals surface area contributed by atoms with E-state index in [4.69, 9.17) is 16.6 Å². The van der Waals surface area contributed by atoms with Crippen LogP contribution in [0.25, 0.3) is 16.9 Å². The lowest BCUT2D eigenvalue weighted by atomic mass is 10.1. The van der Waals surface area contributed by atoms with Crippen LogP contribution in [0.15, 0.2) is 74.6 Å². The first-order valence-corrected chi connectivity index (χ1v) is 13.6. The Morgan fingerprint density at radius 3 is 2.48 bits per heavy atom. The van der Waals surface area contributed by atoms with Crippen molar-refractivity contribution in [1.82, 2.24) is 19.3 Å². The summed E-state index contributed by atoms with van der Waals surface area (Å²) in [6, 6.07) is 16.0. The smallest absolute Gasteiger partial charge is 0.240 e. The van der Waals surface area contributed by atoms with Gasteiger partial charge in [-0.15, -0.1) is 0 Å². The van der Waals surface area contributed by atoms with Gasteiger partial charge in [0.1, 0.15) is 5.82 Å². The molecule has 0 aliphatic carbocycles. The second kappa shape index (κ2) is 10.5. The minimum absolute atomic E-state index is 0.249. The minimum Gasteiger partial charge on any atom is -0.370 e. The molecule has 0 radical (unpaired) electrons. The van der Waals surface area contributed by atoms with Crippen LogP contribution in [0, 0.1) is 0 Å². The second-order valence-electron chi connectivity index (χ2n) is 7.22. The van der Waals surface area contributed by atoms with Gasteiger partial charge in [0, 0.05) is 34.2 Å². The van der Waals surface area contributed by atoms with Crippen LogP contribution in [-0.2, 0) is 10.0 Å². The van der Waals surface area contributed by atoms with E-state index in [0.29, 0.717) is 30.2 Å². The van der Waals surface area contributed by atoms with Crippen molar-refractivity contribution >= 4 is 64.9 Å². The molecule has 2 aromatic heterocycles. The van der Waals surface area contributed by atoms with E-state index in [2.05, 4.69) is 47.0 Å². The maximum atomic E-state index is 12.4. The second-order valence-corrected chi connectivity index (χ2v) is 11.2. The number of benzene rings is 2. The molecule has 11 heteroatoms. The van der Waals surface area contributed by atoms with E-state index in [0.717, 1.165) is 32.4 Å². The molecule has 4 rings (SSSR count). The number of halogens is 3. The number of hydrogen-bond donors (Lipinski definition) is 2. The number of rotatable bonds is 9. The average molecular weight is 614 g/mol. The number of nitrogens with one attached hydrogen (secondary N) is 2. The lowest BCUT2D eigenvalue weighted by Crippen LogP contribution is -2.25. The number of nitrogens with zero attached hydrogens (tertiary/aromatic N) is 3. The van der Waals surface area contributed by atoms with Gasteiger partial charge in [0.05, 0.1) is 21.3 Å². The fourth-order valence-electron chi connectivity index (χ4n) is 3.24. The lowest BCUT2D eigenvalue weighted by molar-refractivity contribution is 0.577. The summed E-state index contributed by atoms with van der Waals surface area (Å²) in [6.45, 7) is 0.989. The highest BCUT2D eigenvalue weighted by molar-refractivity contribution is 9.11. The number of sulfonamides is 1. The molecule has 0 aliphatic heterocycles. The molecule has 4 aromatic rings. The molecule has 0 aliphatic rings. The topological polar surface area (TPSA) is 88.4 Å². The number of unbranched alkanes of at least 4 members (excludes halogenated alkanes) is 1. The van der Waals surface area contributed by atoms with Crippen molar-refractivity contribution < 1.29 is 8.42 Å². The molecule has 33 heavy (non-hydrogen) atoms. The van der Waals surface area contributed by atoms with E-state index in [1.807, 2.05) is 30.3 Å². The van der Waals surface area contributed by atoms with Gasteiger partial charge >= 0.3 is 0 Å². The van der Waals surface area contributed by atoms with Crippen molar-refractivity contribution in [2.45, 2.75) is 17.7 Å². The molecule has 0 saturated heterocycles. The van der Waals surface area contributed by atoms with Crippen LogP contribution in [0.4, 0.5) is 5.82 Å². The first-order valence-electron chi connectivity index (χ1n) is 10.1. The van der Waals surface area contributed by atoms with Crippen LogP contribution in [0.1, 0.15) is 12.8 Å². The summed E-state index contributed by atoms with van der Waals surface area (Å²) in [6.07, 6.45) is 3.13. The molecule has 0 saturated carbocycles. The Balaban J connectivity index is 1.38. The SMILES string of the molecule is O=S(=O)(NCCCCNc1cc(-c2ccccc2Cl)nc2c(Br)cnn12)c1ccc(Br)cc1. The third-order valence-corrected chi connectivity index (χ3v) is 7.80. The molecule has 2 heterocycles. The molecular weight excluding hydrogens is 594 g/mol. The highest BCUT2D eigenvalue weighted by Gasteiger charge is 2.14. The summed E-state index contributed by atoms with van der Waals surface area (Å²) in [5.74, 6) is 0.774. The van der Waals surface area contributed by atoms with Gasteiger partial charge in [0.15, 0.2) is 5.65 Å². The van der Waals surface area contributed by atoms with Crippen molar-refractivity contribution in [2.75, 3.05) is 18.4 Å². The Morgan fingerprint density at radius 2 is 1.73 bits per heavy atom. The highest BCUT2D eigenvalue weighted by Crippen LogP contribution is 2.30. The van der Waals surface area contributed by atoms with E-state index in [9.17, 15) is 8.42 Å². The number of hydrogen-bond acceptors (Lipinski definition) is 5. The zero-order chi connectivity index (χ0) is 23.4. The molecular formula is C22H20Br2ClN5O2S. The van der Waals surface area contributed by atoms with E-state index >= 15 is 0 Å². The largest absolute Gasteiger partial charge is 0.370 e. The van der Waals surface area contributed by atoms with Crippen molar-refractivity contribution in [1.29, 1.82) is 0 Å². The summed E-state index contributed by atoms with van der Waals surface area (Å²) < 4.78 is 30.7. The molecule has 172 valence electrons. The van der Waals surface area contributed by atoms with E-state index in [-0.39, 0.29) is 4.90 Å². The van der Waals surface area contributed by atoms with Crippen molar-refractivity contribution in [2.24, 2.45) is 0 Å². The zero-order valence-corrected chi connectivity index (χ0v) is 22.0. The first-order chi connectivity index (χ1) is 15.8. The molecule has 0 amide bonds. The normalized spacial score (nSPS) is 11.7. The van der Waals surface area contributed by atoms with Crippen LogP contribution in [0.2, 0.25) is 5.02 Å². The molecule has 0 unspecified atom stereocenters. The van der Waals surface area contributed by atoms with Gasteiger partial charge in [-0.1, -0.05) is 45.7 Å². The summed E-state index contributed by atoms with van der Waals surface area (Å²) in [7, 11) is -3.51. The predicted octanol–water partition coefficient (Wildman–Crippen LogP) is 5.75. The first kappa shape index (κ1) is 24.2. The van der Waals surface area contributed by atoms with Crippen LogP contribution < -0.4 is 10.0 Å². The van der Waals surface area contributed by atoms with Gasteiger partial charge in [-0.25, -0.2) is 18.1 Å². The van der Waals surface area contributed by atoms with Crippen LogP contribution in [0.5, 0.6) is 0 Å². The Hall–Kier alpha value is -1.98. The summed E-state index contributed by atoms with van der Waals surface area (Å²) in [5, 5.41) is 8.38. The fourth-order valence-corrected chi connectivity index (χ4v) is 5.16. The predicted molar refractivity (Wildman–Crippen MR) is 138 cm³/mol. The highest BCUT2D eigenvalue weighted by atomic mass is 79.9. The minimum atomic E-state index is -3.51. The van der Waals surface area contributed by atoms with Gasteiger partial charge in [-0.05, 0) is 59.1 Å². The third kappa shape index (κ3) is 5.75. The summed E-state index contributed by atoms with van der Waals surface area (Å²) >= 11 is 13.2. The molecule has 7 nitrogen and oxygen atoms in total. The van der Waals surface area contributed by atoms with Crippen molar-refractivity contribution in [3.05, 3.63) is 74.8 Å². The summed E-state index contributed by atoms with van der Waals surface area (Å²) in [5.41, 5.74) is 2.25. The van der Waals surface area contributed by atoms with Gasteiger partial charge < -0.3 is 5.32 Å². The van der Waals surface area contributed by atoms with Crippen molar-refractivity contribution in [3.63, 3.8) is 0 Å². The molecule has 0 bridgehead atoms. The van der Waals surface area contributed by atoms with E-state index in [1.54, 1.807) is 35.0 Å². The maximum Gasteiger partial charge on any atom is 0.240 e. The Labute approximate surface area is 213 Å². The van der Waals surface area contributed by atoms with E-state index in [1.165, 1.54) is 0 Å². The molecule has 2 aromatic carbocycles. The van der Waals surface area contributed by atoms with E-state index < -0.39 is 10.0 Å². The van der Waals surface area contributed by atoms with Gasteiger partial charge in [-0.3, -0.25) is 0 Å². The number of fused-ring (bicyclic) bond motifs is 1. The number of aromatic nitrogens is 3. The molecule has 0 atom stereocenters. The zero-order valence-electron chi connectivity index (χ0n) is 17.3. The fraction of sp³-hybridized carbons (Fsp3) is 0.182. The Bertz CT molecular complexity index is 1380. The number of anilines is 1. The maximum absolute atomic E-state index is 12.4. The van der Waals surface area contributed by atoms with Gasteiger partial charge in [-0.2, -0.15) is 9.61 Å².